The fraction of sp³-hybridized carbons (Fsp3) is 0.800. The lowest BCUT2D eigenvalue weighted by Crippen LogP contribution is -2.30. The SMILES string of the molecule is CCN(CC)P(=O)(/C=C/O)N(CC)CC. The van der Waals surface area contributed by atoms with Gasteiger partial charge in [0.2, 0.25) is 7.44 Å². The summed E-state index contributed by atoms with van der Waals surface area (Å²) in [5.74, 6) is 1.42. The zero-order chi connectivity index (χ0) is 11.9. The molecule has 1 N–H and O–H groups in total. The Kier molecular flexibility index (Phi) is 6.90. The smallest absolute Gasteiger partial charge is 0.241 e. The van der Waals surface area contributed by atoms with Crippen molar-refractivity contribution in [2.24, 2.45) is 0 Å². The van der Waals surface area contributed by atoms with Crippen LogP contribution in [0.3, 0.4) is 0 Å². The molecule has 0 heterocycles. The molecule has 0 unspecified atom stereocenters. The lowest BCUT2D eigenvalue weighted by molar-refractivity contribution is 0.366. The highest BCUT2D eigenvalue weighted by Crippen LogP contribution is 2.53. The zero-order valence-electron chi connectivity index (χ0n) is 10.2. The van der Waals surface area contributed by atoms with Crippen molar-refractivity contribution in [3.05, 3.63) is 12.1 Å². The van der Waals surface area contributed by atoms with Gasteiger partial charge in [0.25, 0.3) is 0 Å². The van der Waals surface area contributed by atoms with Crippen LogP contribution in [0, 0.1) is 0 Å². The molecule has 0 spiro atoms. The Labute approximate surface area is 93.1 Å². The van der Waals surface area contributed by atoms with Gasteiger partial charge < -0.3 is 5.11 Å². The van der Waals surface area contributed by atoms with Crippen LogP contribution in [0.2, 0.25) is 0 Å². The zero-order valence-corrected chi connectivity index (χ0v) is 11.1. The number of hydrogen-bond donors (Lipinski definition) is 1. The second-order valence-corrected chi connectivity index (χ2v) is 5.77. The van der Waals surface area contributed by atoms with E-state index in [4.69, 9.17) is 5.11 Å². The number of aliphatic hydroxyl groups is 1. The molecule has 15 heavy (non-hydrogen) atoms. The van der Waals surface area contributed by atoms with Gasteiger partial charge in [-0.05, 0) is 0 Å². The molecule has 0 aromatic rings. The molecule has 0 aliphatic rings. The molecular formula is C10H23N2O2P. The first-order valence-electron chi connectivity index (χ1n) is 5.53. The fourth-order valence-electron chi connectivity index (χ4n) is 1.71. The minimum Gasteiger partial charge on any atom is -0.515 e. The van der Waals surface area contributed by atoms with Gasteiger partial charge >= 0.3 is 0 Å². The Balaban J connectivity index is 5.10. The largest absolute Gasteiger partial charge is 0.515 e. The van der Waals surface area contributed by atoms with Gasteiger partial charge in [0.1, 0.15) is 0 Å². The molecular weight excluding hydrogens is 211 g/mol. The lowest BCUT2D eigenvalue weighted by Gasteiger charge is -2.35. The lowest BCUT2D eigenvalue weighted by atomic mass is 10.7. The third-order valence-electron chi connectivity index (χ3n) is 2.53. The Hall–Kier alpha value is -0.310. The van der Waals surface area contributed by atoms with Crippen LogP contribution in [0.4, 0.5) is 0 Å². The maximum atomic E-state index is 12.7. The molecule has 0 aromatic heterocycles. The van der Waals surface area contributed by atoms with E-state index < -0.39 is 7.44 Å². The molecule has 0 saturated heterocycles. The van der Waals surface area contributed by atoms with Crippen molar-refractivity contribution in [2.75, 3.05) is 26.2 Å². The predicted octanol–water partition coefficient (Wildman–Crippen LogP) is 2.89. The van der Waals surface area contributed by atoms with Gasteiger partial charge in [-0.1, -0.05) is 27.7 Å². The van der Waals surface area contributed by atoms with E-state index in [1.54, 1.807) is 0 Å². The molecule has 0 fully saturated rings. The van der Waals surface area contributed by atoms with Crippen LogP contribution in [-0.4, -0.2) is 40.6 Å². The molecule has 0 radical (unpaired) electrons. The van der Waals surface area contributed by atoms with E-state index in [2.05, 4.69) is 0 Å². The highest BCUT2D eigenvalue weighted by atomic mass is 31.2. The standard InChI is InChI=1S/C10H23N2O2P/c1-5-11(6-2)15(14,10-9-13)12(7-3)8-4/h9-10,13H,5-8H2,1-4H3/b10-9+. The van der Waals surface area contributed by atoms with Crippen molar-refractivity contribution in [3.63, 3.8) is 0 Å². The molecule has 0 bridgehead atoms. The highest BCUT2D eigenvalue weighted by Gasteiger charge is 2.31. The average molecular weight is 234 g/mol. The van der Waals surface area contributed by atoms with E-state index in [0.29, 0.717) is 26.2 Å². The van der Waals surface area contributed by atoms with E-state index in [-0.39, 0.29) is 0 Å². The van der Waals surface area contributed by atoms with E-state index in [1.807, 2.05) is 37.0 Å². The topological polar surface area (TPSA) is 43.8 Å². The Bertz CT molecular complexity index is 220. The van der Waals surface area contributed by atoms with Crippen LogP contribution < -0.4 is 0 Å². The minimum atomic E-state index is -2.70. The summed E-state index contributed by atoms with van der Waals surface area (Å²) in [4.78, 5) is 0. The van der Waals surface area contributed by atoms with Crippen molar-refractivity contribution in [2.45, 2.75) is 27.7 Å². The number of hydrogen-bond acceptors (Lipinski definition) is 2. The van der Waals surface area contributed by atoms with E-state index >= 15 is 0 Å². The maximum absolute atomic E-state index is 12.7. The summed E-state index contributed by atoms with van der Waals surface area (Å²) >= 11 is 0. The highest BCUT2D eigenvalue weighted by molar-refractivity contribution is 7.62. The van der Waals surface area contributed by atoms with Gasteiger partial charge in [-0.25, -0.2) is 9.34 Å². The summed E-state index contributed by atoms with van der Waals surface area (Å²) in [6.45, 7) is 10.8. The van der Waals surface area contributed by atoms with Gasteiger partial charge in [0.15, 0.2) is 0 Å². The van der Waals surface area contributed by atoms with Gasteiger partial charge in [0, 0.05) is 32.0 Å². The first kappa shape index (κ1) is 14.7. The van der Waals surface area contributed by atoms with Crippen molar-refractivity contribution < 1.29 is 9.67 Å². The molecule has 0 atom stereocenters. The van der Waals surface area contributed by atoms with Crippen LogP contribution in [0.25, 0.3) is 0 Å². The summed E-state index contributed by atoms with van der Waals surface area (Å²) in [5.41, 5.74) is 0. The Morgan fingerprint density at radius 1 is 1.00 bits per heavy atom. The molecule has 90 valence electrons. The summed E-state index contributed by atoms with van der Waals surface area (Å²) < 4.78 is 16.5. The van der Waals surface area contributed by atoms with Crippen molar-refractivity contribution in [3.8, 4) is 0 Å². The van der Waals surface area contributed by atoms with Gasteiger partial charge in [0.05, 0.1) is 6.26 Å². The first-order valence-corrected chi connectivity index (χ1v) is 7.21. The minimum absolute atomic E-state index is 0.717. The predicted molar refractivity (Wildman–Crippen MR) is 65.2 cm³/mol. The molecule has 5 heteroatoms. The summed E-state index contributed by atoms with van der Waals surface area (Å²) in [6.07, 6.45) is 0.900. The van der Waals surface area contributed by atoms with E-state index in [9.17, 15) is 4.57 Å². The number of nitrogens with zero attached hydrogens (tertiary/aromatic N) is 2. The normalized spacial score (nSPS) is 13.2. The van der Waals surface area contributed by atoms with Gasteiger partial charge in [-0.15, -0.1) is 0 Å². The van der Waals surface area contributed by atoms with Crippen LogP contribution >= 0.6 is 7.44 Å². The molecule has 0 rings (SSSR count). The fourth-order valence-corrected chi connectivity index (χ4v) is 4.24. The molecule has 0 aliphatic heterocycles. The third kappa shape index (κ3) is 3.33. The average Bonchev–Trinajstić information content (AvgIpc) is 2.21. The number of rotatable bonds is 7. The maximum Gasteiger partial charge on any atom is 0.241 e. The Morgan fingerprint density at radius 3 is 1.53 bits per heavy atom. The summed E-state index contributed by atoms with van der Waals surface area (Å²) in [5, 5.41) is 8.88. The third-order valence-corrected chi connectivity index (χ3v) is 5.81. The second-order valence-electron chi connectivity index (χ2n) is 3.17. The molecule has 0 aromatic carbocycles. The second kappa shape index (κ2) is 7.04. The van der Waals surface area contributed by atoms with Crippen molar-refractivity contribution in [1.82, 2.24) is 9.34 Å². The van der Waals surface area contributed by atoms with Crippen LogP contribution in [0.15, 0.2) is 12.1 Å². The van der Waals surface area contributed by atoms with Crippen LogP contribution in [-0.2, 0) is 4.57 Å². The van der Waals surface area contributed by atoms with E-state index in [1.165, 1.54) is 5.82 Å². The van der Waals surface area contributed by atoms with Gasteiger partial charge in [-0.3, -0.25) is 4.57 Å². The van der Waals surface area contributed by atoms with Crippen molar-refractivity contribution >= 4 is 7.44 Å². The Morgan fingerprint density at radius 2 is 1.33 bits per heavy atom. The monoisotopic (exact) mass is 234 g/mol. The molecule has 4 nitrogen and oxygen atoms in total. The van der Waals surface area contributed by atoms with Crippen LogP contribution in [0.1, 0.15) is 27.7 Å². The summed E-state index contributed by atoms with van der Waals surface area (Å²) in [6, 6.07) is 0. The van der Waals surface area contributed by atoms with Crippen molar-refractivity contribution in [1.29, 1.82) is 0 Å². The summed E-state index contributed by atoms with van der Waals surface area (Å²) in [7, 11) is -2.70. The quantitative estimate of drug-likeness (QED) is 0.543. The van der Waals surface area contributed by atoms with E-state index in [0.717, 1.165) is 6.26 Å². The molecule has 0 amide bonds. The molecule has 0 saturated carbocycles. The first-order chi connectivity index (χ1) is 7.10. The molecule has 0 aliphatic carbocycles. The van der Waals surface area contributed by atoms with Crippen LogP contribution in [0.5, 0.6) is 0 Å². The van der Waals surface area contributed by atoms with Gasteiger partial charge in [-0.2, -0.15) is 0 Å². The number of aliphatic hydroxyl groups excluding tert-OH is 1.